The van der Waals surface area contributed by atoms with Gasteiger partial charge in [-0.3, -0.25) is 25.2 Å². The van der Waals surface area contributed by atoms with E-state index in [9.17, 15) is 14.4 Å². The highest BCUT2D eigenvalue weighted by Gasteiger charge is 2.10. The highest BCUT2D eigenvalue weighted by molar-refractivity contribution is 7.80. The number of rotatable bonds is 12. The standard InChI is InChI=1S/C26H33N3O5S/c1-19(2)18-34-22-15-13-21(14-16-22)25(32)28-29-26(35)27-23(30)11-6-12-24(31)33-17-7-10-20-8-4-3-5-9-20/h3-5,8-9,13-16,19H,6-7,10-12,17-18H2,1-2H3,(H,28,32)(H2,27,29,30,35). The van der Waals surface area contributed by atoms with Crippen LogP contribution in [-0.4, -0.2) is 36.1 Å². The van der Waals surface area contributed by atoms with Crippen molar-refractivity contribution in [2.45, 2.75) is 46.0 Å². The highest BCUT2D eigenvalue weighted by atomic mass is 32.1. The molecule has 2 aromatic rings. The predicted octanol–water partition coefficient (Wildman–Crippen LogP) is 3.70. The zero-order valence-corrected chi connectivity index (χ0v) is 21.0. The molecule has 3 N–H and O–H groups in total. The maximum atomic E-state index is 12.2. The molecule has 0 bridgehead atoms. The van der Waals surface area contributed by atoms with Crippen LogP contribution in [0.4, 0.5) is 0 Å². The van der Waals surface area contributed by atoms with Gasteiger partial charge in [-0.2, -0.15) is 0 Å². The van der Waals surface area contributed by atoms with E-state index in [4.69, 9.17) is 21.7 Å². The number of hydrogen-bond acceptors (Lipinski definition) is 6. The number of thiocarbonyl (C=S) groups is 1. The van der Waals surface area contributed by atoms with Gasteiger partial charge in [0.15, 0.2) is 5.11 Å². The molecule has 2 aromatic carbocycles. The van der Waals surface area contributed by atoms with Crippen molar-refractivity contribution in [3.63, 3.8) is 0 Å². The molecular formula is C26H33N3O5S. The third-order valence-corrected chi connectivity index (χ3v) is 4.95. The zero-order chi connectivity index (χ0) is 25.5. The lowest BCUT2D eigenvalue weighted by Crippen LogP contribution is -2.48. The molecule has 0 aromatic heterocycles. The Labute approximate surface area is 211 Å². The van der Waals surface area contributed by atoms with Crippen LogP contribution in [0, 0.1) is 5.92 Å². The van der Waals surface area contributed by atoms with Crippen LogP contribution in [0.1, 0.15) is 55.5 Å². The van der Waals surface area contributed by atoms with E-state index in [0.717, 1.165) is 12.8 Å². The monoisotopic (exact) mass is 499 g/mol. The summed E-state index contributed by atoms with van der Waals surface area (Å²) >= 11 is 5.02. The van der Waals surface area contributed by atoms with Crippen LogP contribution in [0.3, 0.4) is 0 Å². The third kappa shape index (κ3) is 12.0. The first-order valence-electron chi connectivity index (χ1n) is 11.7. The minimum Gasteiger partial charge on any atom is -0.493 e. The lowest BCUT2D eigenvalue weighted by atomic mass is 10.1. The molecular weight excluding hydrogens is 466 g/mol. The van der Waals surface area contributed by atoms with Gasteiger partial charge in [0.1, 0.15) is 5.75 Å². The topological polar surface area (TPSA) is 106 Å². The van der Waals surface area contributed by atoms with Crippen LogP contribution in [0.2, 0.25) is 0 Å². The van der Waals surface area contributed by atoms with Gasteiger partial charge in [0, 0.05) is 18.4 Å². The summed E-state index contributed by atoms with van der Waals surface area (Å²) in [5, 5.41) is 2.42. The van der Waals surface area contributed by atoms with Crippen LogP contribution >= 0.6 is 12.2 Å². The van der Waals surface area contributed by atoms with Gasteiger partial charge >= 0.3 is 5.97 Å². The van der Waals surface area contributed by atoms with Gasteiger partial charge in [-0.15, -0.1) is 0 Å². The summed E-state index contributed by atoms with van der Waals surface area (Å²) in [4.78, 5) is 36.0. The quantitative estimate of drug-likeness (QED) is 0.177. The van der Waals surface area contributed by atoms with Gasteiger partial charge in [-0.05, 0) is 67.2 Å². The van der Waals surface area contributed by atoms with Crippen molar-refractivity contribution in [3.05, 3.63) is 65.7 Å². The van der Waals surface area contributed by atoms with Gasteiger partial charge in [-0.1, -0.05) is 44.2 Å². The van der Waals surface area contributed by atoms with Gasteiger partial charge in [0.2, 0.25) is 5.91 Å². The molecule has 0 heterocycles. The largest absolute Gasteiger partial charge is 0.493 e. The van der Waals surface area contributed by atoms with E-state index < -0.39 is 5.91 Å². The Morgan fingerprint density at radius 1 is 0.914 bits per heavy atom. The fraction of sp³-hybridized carbons (Fsp3) is 0.385. The molecule has 0 aliphatic heterocycles. The van der Waals surface area contributed by atoms with Crippen LogP contribution < -0.4 is 20.9 Å². The molecule has 0 aliphatic rings. The van der Waals surface area contributed by atoms with E-state index in [1.54, 1.807) is 24.3 Å². The smallest absolute Gasteiger partial charge is 0.305 e. The Morgan fingerprint density at radius 3 is 2.31 bits per heavy atom. The molecule has 0 unspecified atom stereocenters. The van der Waals surface area contributed by atoms with E-state index >= 15 is 0 Å². The van der Waals surface area contributed by atoms with Crippen LogP contribution in [0.25, 0.3) is 0 Å². The number of aryl methyl sites for hydroxylation is 1. The van der Waals surface area contributed by atoms with Crippen LogP contribution in [-0.2, 0) is 20.7 Å². The van der Waals surface area contributed by atoms with Gasteiger partial charge in [-0.25, -0.2) is 0 Å². The number of hydrazine groups is 1. The number of benzene rings is 2. The maximum absolute atomic E-state index is 12.2. The minimum atomic E-state index is -0.410. The Balaban J connectivity index is 1.55. The van der Waals surface area contributed by atoms with E-state index in [2.05, 4.69) is 30.0 Å². The number of carbonyl (C=O) groups is 3. The number of amides is 2. The number of carbonyl (C=O) groups excluding carboxylic acids is 3. The summed E-state index contributed by atoms with van der Waals surface area (Å²) in [6, 6.07) is 16.7. The molecule has 0 saturated carbocycles. The summed E-state index contributed by atoms with van der Waals surface area (Å²) in [6.07, 6.45) is 2.18. The van der Waals surface area contributed by atoms with E-state index in [1.807, 2.05) is 30.3 Å². The number of esters is 1. The Bertz CT molecular complexity index is 965. The molecule has 188 valence electrons. The average Bonchev–Trinajstić information content (AvgIpc) is 2.85. The van der Waals surface area contributed by atoms with E-state index in [0.29, 0.717) is 36.9 Å². The normalized spacial score (nSPS) is 10.4. The van der Waals surface area contributed by atoms with Crippen molar-refractivity contribution in [1.82, 2.24) is 16.2 Å². The molecule has 2 amide bonds. The fourth-order valence-corrected chi connectivity index (χ4v) is 3.11. The second-order valence-electron chi connectivity index (χ2n) is 8.35. The fourth-order valence-electron chi connectivity index (χ4n) is 2.94. The molecule has 0 fully saturated rings. The van der Waals surface area contributed by atoms with Gasteiger partial charge in [0.25, 0.3) is 5.91 Å². The first-order chi connectivity index (χ1) is 16.8. The van der Waals surface area contributed by atoms with E-state index in [-0.39, 0.29) is 29.8 Å². The number of nitrogens with one attached hydrogen (secondary N) is 3. The molecule has 35 heavy (non-hydrogen) atoms. The number of ether oxygens (including phenoxy) is 2. The van der Waals surface area contributed by atoms with Crippen molar-refractivity contribution in [1.29, 1.82) is 0 Å². The molecule has 8 nitrogen and oxygen atoms in total. The van der Waals surface area contributed by atoms with Crippen LogP contribution in [0.5, 0.6) is 5.75 Å². The summed E-state index contributed by atoms with van der Waals surface area (Å²) in [6.45, 7) is 5.05. The van der Waals surface area contributed by atoms with Crippen LogP contribution in [0.15, 0.2) is 54.6 Å². The lowest BCUT2D eigenvalue weighted by molar-refractivity contribution is -0.143. The zero-order valence-electron chi connectivity index (χ0n) is 20.2. The first-order valence-corrected chi connectivity index (χ1v) is 12.1. The predicted molar refractivity (Wildman–Crippen MR) is 138 cm³/mol. The number of hydrogen-bond donors (Lipinski definition) is 3. The van der Waals surface area contributed by atoms with Gasteiger partial charge < -0.3 is 14.8 Å². The Hall–Kier alpha value is -3.46. The molecule has 0 saturated heterocycles. The second-order valence-corrected chi connectivity index (χ2v) is 8.76. The first kappa shape index (κ1) is 27.8. The SMILES string of the molecule is CC(C)COc1ccc(C(=O)NNC(=S)NC(=O)CCCC(=O)OCCCc2ccccc2)cc1. The van der Waals surface area contributed by atoms with Crippen molar-refractivity contribution in [2.75, 3.05) is 13.2 Å². The van der Waals surface area contributed by atoms with E-state index in [1.165, 1.54) is 5.56 Å². The molecule has 0 aliphatic carbocycles. The molecule has 2 rings (SSSR count). The van der Waals surface area contributed by atoms with Gasteiger partial charge in [0.05, 0.1) is 13.2 Å². The van der Waals surface area contributed by atoms with Crippen molar-refractivity contribution >= 4 is 35.1 Å². The summed E-state index contributed by atoms with van der Waals surface area (Å²) in [5.74, 6) is -0.0174. The molecule has 0 spiro atoms. The lowest BCUT2D eigenvalue weighted by Gasteiger charge is -2.12. The molecule has 9 heteroatoms. The average molecular weight is 500 g/mol. The van der Waals surface area contributed by atoms with Crippen molar-refractivity contribution < 1.29 is 23.9 Å². The summed E-state index contributed by atoms with van der Waals surface area (Å²) in [7, 11) is 0. The highest BCUT2D eigenvalue weighted by Crippen LogP contribution is 2.13. The summed E-state index contributed by atoms with van der Waals surface area (Å²) in [5.41, 5.74) is 6.53. The Kier molecular flexibility index (Phi) is 12.3. The maximum Gasteiger partial charge on any atom is 0.305 e. The minimum absolute atomic E-state index is 0.0382. The molecule has 0 atom stereocenters. The second kappa shape index (κ2) is 15.4. The third-order valence-electron chi connectivity index (χ3n) is 4.74. The Morgan fingerprint density at radius 2 is 1.63 bits per heavy atom. The summed E-state index contributed by atoms with van der Waals surface area (Å²) < 4.78 is 10.8. The van der Waals surface area contributed by atoms with Crippen molar-refractivity contribution in [2.24, 2.45) is 5.92 Å². The van der Waals surface area contributed by atoms with Crippen molar-refractivity contribution in [3.8, 4) is 5.75 Å². The molecule has 0 radical (unpaired) electrons.